The van der Waals surface area contributed by atoms with E-state index in [1.165, 1.54) is 0 Å². The highest BCUT2D eigenvalue weighted by Crippen LogP contribution is 2.24. The van der Waals surface area contributed by atoms with Gasteiger partial charge < -0.3 is 14.6 Å². The maximum atomic E-state index is 12.7. The zero-order valence-electron chi connectivity index (χ0n) is 12.2. The van der Waals surface area contributed by atoms with Crippen LogP contribution in [0.2, 0.25) is 0 Å². The lowest BCUT2D eigenvalue weighted by Crippen LogP contribution is -2.41. The zero-order chi connectivity index (χ0) is 14.7. The van der Waals surface area contributed by atoms with Crippen LogP contribution in [0.1, 0.15) is 49.6 Å². The molecule has 112 valence electrons. The number of nitrogens with zero attached hydrogens (tertiary/aromatic N) is 2. The Labute approximate surface area is 128 Å². The summed E-state index contributed by atoms with van der Waals surface area (Å²) in [6, 6.07) is 2.16. The summed E-state index contributed by atoms with van der Waals surface area (Å²) >= 11 is 3.46. The fraction of sp³-hybridized carbons (Fsp3) is 0.667. The summed E-state index contributed by atoms with van der Waals surface area (Å²) in [6.07, 6.45) is 4.89. The van der Waals surface area contributed by atoms with Crippen molar-refractivity contribution in [3.8, 4) is 0 Å². The number of halogens is 1. The Hall–Kier alpha value is -0.810. The lowest BCUT2D eigenvalue weighted by atomic mass is 9.95. The number of carbonyl (C=O) groups excluding carboxylic acids is 1. The Balaban J connectivity index is 2.14. The van der Waals surface area contributed by atoms with Gasteiger partial charge in [-0.05, 0) is 61.0 Å². The summed E-state index contributed by atoms with van der Waals surface area (Å²) in [7, 11) is 0. The monoisotopic (exact) mass is 342 g/mol. The average Bonchev–Trinajstić information content (AvgIpc) is 2.81. The van der Waals surface area contributed by atoms with Gasteiger partial charge in [-0.3, -0.25) is 4.79 Å². The van der Waals surface area contributed by atoms with Gasteiger partial charge in [0.1, 0.15) is 5.69 Å². The van der Waals surface area contributed by atoms with E-state index < -0.39 is 0 Å². The highest BCUT2D eigenvalue weighted by atomic mass is 79.9. The summed E-state index contributed by atoms with van der Waals surface area (Å²) in [5.41, 5.74) is 0.747. The number of likely N-dealkylation sites (tertiary alicyclic amines) is 1. The molecule has 1 aliphatic heterocycles. The van der Waals surface area contributed by atoms with E-state index in [1.807, 2.05) is 21.7 Å². The third-order valence-electron chi connectivity index (χ3n) is 3.93. The maximum absolute atomic E-state index is 12.7. The van der Waals surface area contributed by atoms with Crippen LogP contribution in [-0.4, -0.2) is 40.2 Å². The van der Waals surface area contributed by atoms with Crippen LogP contribution in [0.4, 0.5) is 0 Å². The molecule has 1 aromatic rings. The molecule has 0 saturated carbocycles. The first-order valence-corrected chi connectivity index (χ1v) is 8.09. The van der Waals surface area contributed by atoms with Crippen molar-refractivity contribution in [1.29, 1.82) is 0 Å². The molecular formula is C15H23BrN2O2. The molecule has 0 spiro atoms. The van der Waals surface area contributed by atoms with E-state index in [4.69, 9.17) is 5.11 Å². The van der Waals surface area contributed by atoms with E-state index in [2.05, 4.69) is 29.8 Å². The Bertz CT molecular complexity index is 468. The molecule has 2 rings (SSSR count). The van der Waals surface area contributed by atoms with E-state index in [9.17, 15) is 4.79 Å². The average molecular weight is 343 g/mol. The Morgan fingerprint density at radius 1 is 1.55 bits per heavy atom. The molecule has 1 saturated heterocycles. The molecule has 1 amide bonds. The first kappa shape index (κ1) is 15.6. The van der Waals surface area contributed by atoms with Crippen LogP contribution in [0, 0.1) is 5.92 Å². The van der Waals surface area contributed by atoms with E-state index in [-0.39, 0.29) is 18.6 Å². The van der Waals surface area contributed by atoms with Crippen LogP contribution in [0.5, 0.6) is 0 Å². The first-order chi connectivity index (χ1) is 9.52. The summed E-state index contributed by atoms with van der Waals surface area (Å²) in [5, 5.41) is 9.07. The van der Waals surface area contributed by atoms with Crippen molar-refractivity contribution in [2.24, 2.45) is 5.92 Å². The molecule has 1 atom stereocenters. The minimum atomic E-state index is 0.104. The van der Waals surface area contributed by atoms with Crippen LogP contribution in [0.15, 0.2) is 16.7 Å². The molecule has 0 aromatic carbocycles. The van der Waals surface area contributed by atoms with Gasteiger partial charge in [0.2, 0.25) is 0 Å². The quantitative estimate of drug-likeness (QED) is 0.913. The van der Waals surface area contributed by atoms with Gasteiger partial charge in [-0.1, -0.05) is 0 Å². The highest BCUT2D eigenvalue weighted by Gasteiger charge is 2.26. The Morgan fingerprint density at radius 3 is 2.95 bits per heavy atom. The van der Waals surface area contributed by atoms with Gasteiger partial charge in [0.15, 0.2) is 0 Å². The van der Waals surface area contributed by atoms with Crippen molar-refractivity contribution in [2.45, 2.75) is 39.2 Å². The minimum absolute atomic E-state index is 0.104. The Morgan fingerprint density at radius 2 is 2.30 bits per heavy atom. The smallest absolute Gasteiger partial charge is 0.270 e. The number of piperidine rings is 1. The van der Waals surface area contributed by atoms with E-state index in [0.29, 0.717) is 5.92 Å². The largest absolute Gasteiger partial charge is 0.396 e. The van der Waals surface area contributed by atoms with Gasteiger partial charge >= 0.3 is 0 Å². The first-order valence-electron chi connectivity index (χ1n) is 7.30. The number of aliphatic hydroxyl groups is 1. The van der Waals surface area contributed by atoms with Crippen LogP contribution in [-0.2, 0) is 0 Å². The minimum Gasteiger partial charge on any atom is -0.396 e. The number of hydrogen-bond donors (Lipinski definition) is 1. The predicted octanol–water partition coefficient (Wildman–Crippen LogP) is 3.07. The molecule has 2 heterocycles. The van der Waals surface area contributed by atoms with Crippen molar-refractivity contribution in [3.05, 3.63) is 22.4 Å². The molecule has 1 aromatic heterocycles. The number of aromatic nitrogens is 1. The number of hydrogen-bond acceptors (Lipinski definition) is 2. The normalized spacial score (nSPS) is 19.6. The summed E-state index contributed by atoms with van der Waals surface area (Å²) in [4.78, 5) is 14.6. The lowest BCUT2D eigenvalue weighted by Gasteiger charge is -2.33. The van der Waals surface area contributed by atoms with Gasteiger partial charge in [-0.25, -0.2) is 0 Å². The highest BCUT2D eigenvalue weighted by molar-refractivity contribution is 9.10. The third kappa shape index (κ3) is 3.44. The molecule has 1 N–H and O–H groups in total. The standard InChI is InChI=1S/C15H23BrN2O2/c1-11(2)18-10-13(16)8-14(18)15(20)17-6-3-4-12(9-17)5-7-19/h8,10-12,19H,3-7,9H2,1-2H3. The fourth-order valence-corrected chi connectivity index (χ4v) is 3.31. The summed E-state index contributed by atoms with van der Waals surface area (Å²) < 4.78 is 2.96. The number of amides is 1. The van der Waals surface area contributed by atoms with Crippen LogP contribution < -0.4 is 0 Å². The number of rotatable bonds is 4. The molecule has 5 heteroatoms. The molecule has 0 bridgehead atoms. The maximum Gasteiger partial charge on any atom is 0.270 e. The molecule has 4 nitrogen and oxygen atoms in total. The van der Waals surface area contributed by atoms with E-state index in [1.54, 1.807) is 0 Å². The third-order valence-corrected chi connectivity index (χ3v) is 4.37. The van der Waals surface area contributed by atoms with E-state index in [0.717, 1.165) is 42.5 Å². The molecular weight excluding hydrogens is 320 g/mol. The zero-order valence-corrected chi connectivity index (χ0v) is 13.8. The second-order valence-electron chi connectivity index (χ2n) is 5.82. The van der Waals surface area contributed by atoms with Crippen molar-refractivity contribution >= 4 is 21.8 Å². The molecule has 0 radical (unpaired) electrons. The summed E-state index contributed by atoms with van der Waals surface area (Å²) in [6.45, 7) is 5.95. The molecule has 20 heavy (non-hydrogen) atoms. The van der Waals surface area contributed by atoms with Crippen molar-refractivity contribution in [2.75, 3.05) is 19.7 Å². The molecule has 0 aliphatic carbocycles. The Kier molecular flexibility index (Phi) is 5.27. The van der Waals surface area contributed by atoms with Gasteiger partial charge in [0, 0.05) is 36.4 Å². The second-order valence-corrected chi connectivity index (χ2v) is 6.73. The second kappa shape index (κ2) is 6.76. The van der Waals surface area contributed by atoms with Gasteiger partial charge in [-0.15, -0.1) is 0 Å². The fourth-order valence-electron chi connectivity index (χ4n) is 2.87. The number of aliphatic hydroxyl groups excluding tert-OH is 1. The summed E-state index contributed by atoms with van der Waals surface area (Å²) in [5.74, 6) is 0.538. The van der Waals surface area contributed by atoms with E-state index >= 15 is 0 Å². The van der Waals surface area contributed by atoms with Crippen molar-refractivity contribution < 1.29 is 9.90 Å². The van der Waals surface area contributed by atoms with Gasteiger partial charge in [0.05, 0.1) is 0 Å². The van der Waals surface area contributed by atoms with Crippen LogP contribution in [0.25, 0.3) is 0 Å². The topological polar surface area (TPSA) is 45.5 Å². The van der Waals surface area contributed by atoms with Crippen LogP contribution >= 0.6 is 15.9 Å². The number of carbonyl (C=O) groups is 1. The SMILES string of the molecule is CC(C)n1cc(Br)cc1C(=O)N1CCCC(CCO)C1. The molecule has 1 aliphatic rings. The van der Waals surface area contributed by atoms with Gasteiger partial charge in [0.25, 0.3) is 5.91 Å². The van der Waals surface area contributed by atoms with Crippen molar-refractivity contribution in [3.63, 3.8) is 0 Å². The molecule has 1 fully saturated rings. The van der Waals surface area contributed by atoms with Crippen molar-refractivity contribution in [1.82, 2.24) is 9.47 Å². The predicted molar refractivity (Wildman–Crippen MR) is 82.8 cm³/mol. The molecule has 1 unspecified atom stereocenters. The lowest BCUT2D eigenvalue weighted by molar-refractivity contribution is 0.0641. The van der Waals surface area contributed by atoms with Gasteiger partial charge in [-0.2, -0.15) is 0 Å². The van der Waals surface area contributed by atoms with Crippen LogP contribution in [0.3, 0.4) is 0 Å².